The van der Waals surface area contributed by atoms with Crippen LogP contribution in [-0.2, 0) is 37.3 Å². The number of hydrogen-bond donors (Lipinski definition) is 1. The summed E-state index contributed by atoms with van der Waals surface area (Å²) in [6, 6.07) is 18.0. The largest absolute Gasteiger partial charge is 0.376 e. The Kier molecular flexibility index (Phi) is 9.20. The molecule has 1 fully saturated rings. The zero-order valence-corrected chi connectivity index (χ0v) is 20.5. The molecule has 1 aliphatic heterocycles. The van der Waals surface area contributed by atoms with Gasteiger partial charge in [0.25, 0.3) is 0 Å². The molecule has 0 aromatic heterocycles. The number of nitrogens with zero attached hydrogens (tertiary/aromatic N) is 2. The molecule has 0 radical (unpaired) electrons. The Morgan fingerprint density at radius 2 is 1.68 bits per heavy atom. The van der Waals surface area contributed by atoms with Crippen molar-refractivity contribution >= 4 is 21.8 Å². The van der Waals surface area contributed by atoms with Crippen molar-refractivity contribution in [1.29, 1.82) is 0 Å². The Balaban J connectivity index is 1.89. The van der Waals surface area contributed by atoms with Crippen molar-refractivity contribution in [3.63, 3.8) is 0 Å². The first-order valence-corrected chi connectivity index (χ1v) is 13.3. The Labute approximate surface area is 201 Å². The fraction of sp³-hybridized carbons (Fsp3) is 0.440. The van der Waals surface area contributed by atoms with Crippen LogP contribution in [-0.4, -0.2) is 74.6 Å². The van der Waals surface area contributed by atoms with Crippen LogP contribution in [0.3, 0.4) is 0 Å². The summed E-state index contributed by atoms with van der Waals surface area (Å²) in [4.78, 5) is 28.3. The quantitative estimate of drug-likeness (QED) is 0.522. The van der Waals surface area contributed by atoms with Crippen LogP contribution >= 0.6 is 0 Å². The molecular formula is C25H33N3O5S. The lowest BCUT2D eigenvalue weighted by atomic mass is 10.0. The number of ether oxygens (including phenoxy) is 1. The fourth-order valence-corrected chi connectivity index (χ4v) is 4.22. The number of benzene rings is 2. The Bertz CT molecular complexity index is 1040. The highest BCUT2D eigenvalue weighted by atomic mass is 32.2. The van der Waals surface area contributed by atoms with E-state index in [1.54, 1.807) is 0 Å². The molecule has 8 nitrogen and oxygen atoms in total. The van der Waals surface area contributed by atoms with E-state index in [1.165, 1.54) is 11.9 Å². The summed E-state index contributed by atoms with van der Waals surface area (Å²) in [5.41, 5.74) is 1.75. The molecule has 1 heterocycles. The molecule has 0 saturated carbocycles. The van der Waals surface area contributed by atoms with Crippen LogP contribution in [0.15, 0.2) is 60.7 Å². The minimum absolute atomic E-state index is 0.0315. The van der Waals surface area contributed by atoms with Gasteiger partial charge < -0.3 is 15.0 Å². The topological polar surface area (TPSA) is 96.0 Å². The van der Waals surface area contributed by atoms with Gasteiger partial charge in [-0.1, -0.05) is 60.7 Å². The zero-order valence-electron chi connectivity index (χ0n) is 19.7. The molecule has 0 unspecified atom stereocenters. The van der Waals surface area contributed by atoms with Gasteiger partial charge in [0.05, 0.1) is 18.9 Å². The van der Waals surface area contributed by atoms with Gasteiger partial charge in [0, 0.05) is 33.2 Å². The first kappa shape index (κ1) is 25.9. The van der Waals surface area contributed by atoms with E-state index in [9.17, 15) is 18.0 Å². The van der Waals surface area contributed by atoms with E-state index in [2.05, 4.69) is 5.32 Å². The molecule has 3 rings (SSSR count). The molecule has 1 aliphatic rings. The van der Waals surface area contributed by atoms with Crippen LogP contribution in [0.2, 0.25) is 0 Å². The highest BCUT2D eigenvalue weighted by Gasteiger charge is 2.32. The maximum atomic E-state index is 13.4. The second-order valence-electron chi connectivity index (χ2n) is 8.61. The lowest BCUT2D eigenvalue weighted by molar-refractivity contribution is -0.141. The summed E-state index contributed by atoms with van der Waals surface area (Å²) in [6.45, 7) is 0.892. The van der Waals surface area contributed by atoms with E-state index in [1.807, 2.05) is 60.7 Å². The zero-order chi connectivity index (χ0) is 24.6. The molecule has 9 heteroatoms. The van der Waals surface area contributed by atoms with Crippen molar-refractivity contribution in [2.75, 3.05) is 33.0 Å². The summed E-state index contributed by atoms with van der Waals surface area (Å²) in [5, 5.41) is 2.96. The van der Waals surface area contributed by atoms with E-state index in [0.29, 0.717) is 19.6 Å². The summed E-state index contributed by atoms with van der Waals surface area (Å²) < 4.78 is 30.5. The highest BCUT2D eigenvalue weighted by molar-refractivity contribution is 7.88. The molecule has 2 amide bonds. The van der Waals surface area contributed by atoms with Crippen LogP contribution in [0.4, 0.5) is 0 Å². The minimum atomic E-state index is -3.56. The predicted octanol–water partition coefficient (Wildman–Crippen LogP) is 1.81. The normalized spacial score (nSPS) is 16.9. The van der Waals surface area contributed by atoms with E-state index in [0.717, 1.165) is 34.5 Å². The van der Waals surface area contributed by atoms with Gasteiger partial charge in [-0.25, -0.2) is 8.42 Å². The van der Waals surface area contributed by atoms with Crippen molar-refractivity contribution in [2.24, 2.45) is 0 Å². The summed E-state index contributed by atoms with van der Waals surface area (Å²) in [7, 11) is -2.20. The molecular weight excluding hydrogens is 454 g/mol. The van der Waals surface area contributed by atoms with Gasteiger partial charge in [-0.15, -0.1) is 0 Å². The van der Waals surface area contributed by atoms with Gasteiger partial charge in [0.15, 0.2) is 0 Å². The molecule has 0 bridgehead atoms. The second-order valence-corrected chi connectivity index (χ2v) is 10.7. The minimum Gasteiger partial charge on any atom is -0.376 e. The molecule has 34 heavy (non-hydrogen) atoms. The molecule has 184 valence electrons. The van der Waals surface area contributed by atoms with Crippen molar-refractivity contribution < 1.29 is 22.7 Å². The third-order valence-electron chi connectivity index (χ3n) is 5.92. The number of carbonyl (C=O) groups excluding carboxylic acids is 2. The second kappa shape index (κ2) is 12.1. The van der Waals surface area contributed by atoms with E-state index in [4.69, 9.17) is 4.74 Å². The third-order valence-corrected chi connectivity index (χ3v) is 7.18. The molecule has 1 N–H and O–H groups in total. The first-order valence-electron chi connectivity index (χ1n) is 11.4. The van der Waals surface area contributed by atoms with Crippen LogP contribution in [0, 0.1) is 0 Å². The number of sulfonamides is 1. The van der Waals surface area contributed by atoms with Crippen LogP contribution in [0.1, 0.15) is 24.0 Å². The predicted molar refractivity (Wildman–Crippen MR) is 130 cm³/mol. The number of amides is 2. The summed E-state index contributed by atoms with van der Waals surface area (Å²) >= 11 is 0. The average molecular weight is 488 g/mol. The lowest BCUT2D eigenvalue weighted by Gasteiger charge is -2.32. The first-order chi connectivity index (χ1) is 16.2. The monoisotopic (exact) mass is 487 g/mol. The number of likely N-dealkylation sites (N-methyl/N-ethyl adjacent to an activating group) is 1. The van der Waals surface area contributed by atoms with Gasteiger partial charge >= 0.3 is 0 Å². The molecule has 2 atom stereocenters. The van der Waals surface area contributed by atoms with Crippen LogP contribution < -0.4 is 5.32 Å². The molecule has 2 aromatic rings. The Morgan fingerprint density at radius 1 is 1.06 bits per heavy atom. The number of carbonyl (C=O) groups is 2. The van der Waals surface area contributed by atoms with Gasteiger partial charge in [0.1, 0.15) is 6.04 Å². The van der Waals surface area contributed by atoms with Crippen molar-refractivity contribution in [3.8, 4) is 0 Å². The SMILES string of the molecule is CN(CC(=O)N(Cc1ccccc1)[C@H](Cc1ccccc1)C(=O)NC[C@@H]1CCCO1)S(C)(=O)=O. The van der Waals surface area contributed by atoms with Gasteiger partial charge in [-0.05, 0) is 24.0 Å². The van der Waals surface area contributed by atoms with E-state index in [-0.39, 0.29) is 25.1 Å². The number of nitrogens with one attached hydrogen (secondary N) is 1. The standard InChI is InChI=1S/C25H33N3O5S/c1-27(34(2,31)32)19-24(29)28(18-21-12-7-4-8-13-21)23(16-20-10-5-3-6-11-20)25(30)26-17-22-14-9-15-33-22/h3-8,10-13,22-23H,9,14-19H2,1-2H3,(H,26,30)/t22-,23+/m0/s1. The van der Waals surface area contributed by atoms with Crippen molar-refractivity contribution in [2.45, 2.75) is 38.0 Å². The number of hydrogen-bond acceptors (Lipinski definition) is 5. The molecule has 1 saturated heterocycles. The maximum absolute atomic E-state index is 13.4. The van der Waals surface area contributed by atoms with Gasteiger partial charge in [0.2, 0.25) is 21.8 Å². The van der Waals surface area contributed by atoms with Crippen LogP contribution in [0.5, 0.6) is 0 Å². The van der Waals surface area contributed by atoms with Gasteiger partial charge in [-0.2, -0.15) is 4.31 Å². The Hall–Kier alpha value is -2.75. The molecule has 0 aliphatic carbocycles. The number of rotatable bonds is 11. The summed E-state index contributed by atoms with van der Waals surface area (Å²) in [6.07, 6.45) is 3.17. The summed E-state index contributed by atoms with van der Waals surface area (Å²) in [5.74, 6) is -0.726. The lowest BCUT2D eigenvalue weighted by Crippen LogP contribution is -2.53. The molecule has 2 aromatic carbocycles. The Morgan fingerprint density at radius 3 is 2.24 bits per heavy atom. The third kappa shape index (κ3) is 7.65. The maximum Gasteiger partial charge on any atom is 0.243 e. The smallest absolute Gasteiger partial charge is 0.243 e. The van der Waals surface area contributed by atoms with Crippen molar-refractivity contribution in [3.05, 3.63) is 71.8 Å². The highest BCUT2D eigenvalue weighted by Crippen LogP contribution is 2.16. The van der Waals surface area contributed by atoms with E-state index >= 15 is 0 Å². The van der Waals surface area contributed by atoms with Gasteiger partial charge in [-0.3, -0.25) is 9.59 Å². The molecule has 0 spiro atoms. The fourth-order valence-electron chi connectivity index (χ4n) is 3.87. The average Bonchev–Trinajstić information content (AvgIpc) is 3.34. The van der Waals surface area contributed by atoms with Crippen LogP contribution in [0.25, 0.3) is 0 Å². The van der Waals surface area contributed by atoms with E-state index < -0.39 is 22.0 Å². The van der Waals surface area contributed by atoms with Crippen molar-refractivity contribution in [1.82, 2.24) is 14.5 Å².